The van der Waals surface area contributed by atoms with E-state index in [9.17, 15) is 4.79 Å². The quantitative estimate of drug-likeness (QED) is 0.641. The molecule has 1 nitrogen and oxygen atoms in total. The van der Waals surface area contributed by atoms with E-state index in [1.807, 2.05) is 32.9 Å². The van der Waals surface area contributed by atoms with Crippen LogP contribution in [-0.2, 0) is 0 Å². The Bertz CT molecular complexity index is 499. The lowest BCUT2D eigenvalue weighted by Crippen LogP contribution is -2.20. The summed E-state index contributed by atoms with van der Waals surface area (Å²) in [4.78, 5) is 12.3. The molecule has 0 N–H and O–H groups in total. The predicted octanol–water partition coefficient (Wildman–Crippen LogP) is 5.63. The fraction of sp³-hybridized carbons (Fsp3) is 0.471. The van der Waals surface area contributed by atoms with Crippen LogP contribution in [0, 0.1) is 10.8 Å². The van der Waals surface area contributed by atoms with Gasteiger partial charge in [0.1, 0.15) is 0 Å². The first-order chi connectivity index (χ1) is 8.50. The molecule has 0 unspecified atom stereocenters. The third-order valence-electron chi connectivity index (χ3n) is 2.70. The summed E-state index contributed by atoms with van der Waals surface area (Å²) >= 11 is 6.18. The zero-order valence-corrected chi connectivity index (χ0v) is 13.4. The molecule has 1 rings (SSSR count). The van der Waals surface area contributed by atoms with E-state index >= 15 is 0 Å². The van der Waals surface area contributed by atoms with Gasteiger partial charge in [-0.25, -0.2) is 0 Å². The van der Waals surface area contributed by atoms with Gasteiger partial charge in [-0.05, 0) is 29.2 Å². The SMILES string of the molecule is CC(C)(C)/C=C/c1cc(C(=O)C(C)(C)C)ccc1Cl. The smallest absolute Gasteiger partial charge is 0.168 e. The van der Waals surface area contributed by atoms with Gasteiger partial charge in [0.15, 0.2) is 5.78 Å². The minimum atomic E-state index is -0.376. The van der Waals surface area contributed by atoms with E-state index in [2.05, 4.69) is 26.8 Å². The monoisotopic (exact) mass is 278 g/mol. The Morgan fingerprint density at radius 1 is 1.11 bits per heavy atom. The van der Waals surface area contributed by atoms with E-state index in [0.29, 0.717) is 10.6 Å². The number of allylic oxidation sites excluding steroid dienone is 1. The summed E-state index contributed by atoms with van der Waals surface area (Å²) in [5.74, 6) is 0.134. The molecular weight excluding hydrogens is 256 g/mol. The molecular formula is C17H23ClO. The molecule has 0 aliphatic heterocycles. The van der Waals surface area contributed by atoms with E-state index in [4.69, 9.17) is 11.6 Å². The number of hydrogen-bond donors (Lipinski definition) is 0. The summed E-state index contributed by atoms with van der Waals surface area (Å²) in [5, 5.41) is 0.672. The normalized spacial score (nSPS) is 13.0. The van der Waals surface area contributed by atoms with Crippen molar-refractivity contribution in [2.24, 2.45) is 10.8 Å². The average Bonchev–Trinajstić information content (AvgIpc) is 2.24. The van der Waals surface area contributed by atoms with Crippen LogP contribution in [0.2, 0.25) is 5.02 Å². The fourth-order valence-electron chi connectivity index (χ4n) is 1.59. The Hall–Kier alpha value is -1.08. The Morgan fingerprint density at radius 3 is 2.16 bits per heavy atom. The summed E-state index contributed by atoms with van der Waals surface area (Å²) in [7, 11) is 0. The van der Waals surface area contributed by atoms with E-state index in [0.717, 1.165) is 5.56 Å². The van der Waals surface area contributed by atoms with Gasteiger partial charge in [-0.1, -0.05) is 65.3 Å². The second-order valence-corrected chi connectivity index (χ2v) is 7.42. The third kappa shape index (κ3) is 4.83. The number of hydrogen-bond acceptors (Lipinski definition) is 1. The van der Waals surface area contributed by atoms with Gasteiger partial charge >= 0.3 is 0 Å². The van der Waals surface area contributed by atoms with Crippen LogP contribution in [0.3, 0.4) is 0 Å². The summed E-state index contributed by atoms with van der Waals surface area (Å²) in [6.07, 6.45) is 4.08. The maximum Gasteiger partial charge on any atom is 0.168 e. The number of carbonyl (C=O) groups excluding carboxylic acids is 1. The van der Waals surface area contributed by atoms with Crippen molar-refractivity contribution in [3.05, 3.63) is 40.4 Å². The topological polar surface area (TPSA) is 17.1 Å². The Kier molecular flexibility index (Phi) is 4.63. The second kappa shape index (κ2) is 5.50. The van der Waals surface area contributed by atoms with E-state index in [-0.39, 0.29) is 16.6 Å². The highest BCUT2D eigenvalue weighted by atomic mass is 35.5. The molecule has 0 heterocycles. The van der Waals surface area contributed by atoms with Gasteiger partial charge in [0.05, 0.1) is 0 Å². The van der Waals surface area contributed by atoms with Crippen LogP contribution < -0.4 is 0 Å². The van der Waals surface area contributed by atoms with Crippen molar-refractivity contribution in [1.82, 2.24) is 0 Å². The third-order valence-corrected chi connectivity index (χ3v) is 3.05. The van der Waals surface area contributed by atoms with Crippen molar-refractivity contribution in [3.63, 3.8) is 0 Å². The highest BCUT2D eigenvalue weighted by Crippen LogP contribution is 2.26. The first kappa shape index (κ1) is 16.0. The molecule has 0 saturated heterocycles. The molecule has 0 amide bonds. The van der Waals surface area contributed by atoms with Crippen LogP contribution in [0.4, 0.5) is 0 Å². The molecule has 0 saturated carbocycles. The Balaban J connectivity index is 3.15. The first-order valence-electron chi connectivity index (χ1n) is 6.54. The van der Waals surface area contributed by atoms with Crippen LogP contribution in [0.15, 0.2) is 24.3 Å². The Morgan fingerprint density at radius 2 is 1.68 bits per heavy atom. The molecule has 0 aliphatic carbocycles. The number of rotatable bonds is 2. The van der Waals surface area contributed by atoms with Crippen LogP contribution >= 0.6 is 11.6 Å². The molecule has 0 atom stereocenters. The van der Waals surface area contributed by atoms with Crippen LogP contribution in [-0.4, -0.2) is 5.78 Å². The zero-order valence-electron chi connectivity index (χ0n) is 12.7. The van der Waals surface area contributed by atoms with E-state index < -0.39 is 0 Å². The maximum absolute atomic E-state index is 12.3. The molecule has 0 bridgehead atoms. The molecule has 1 aromatic rings. The highest BCUT2D eigenvalue weighted by molar-refractivity contribution is 6.32. The van der Waals surface area contributed by atoms with Gasteiger partial charge in [0.2, 0.25) is 0 Å². The minimum Gasteiger partial charge on any atom is -0.294 e. The Labute approximate surface area is 121 Å². The van der Waals surface area contributed by atoms with Crippen LogP contribution in [0.5, 0.6) is 0 Å². The van der Waals surface area contributed by atoms with Crippen molar-refractivity contribution in [1.29, 1.82) is 0 Å². The molecule has 19 heavy (non-hydrogen) atoms. The van der Waals surface area contributed by atoms with E-state index in [1.165, 1.54) is 0 Å². The van der Waals surface area contributed by atoms with Crippen molar-refractivity contribution >= 4 is 23.5 Å². The highest BCUT2D eigenvalue weighted by Gasteiger charge is 2.23. The molecule has 0 fully saturated rings. The van der Waals surface area contributed by atoms with Gasteiger partial charge in [-0.3, -0.25) is 4.79 Å². The summed E-state index contributed by atoms with van der Waals surface area (Å²) in [5.41, 5.74) is 1.32. The van der Waals surface area contributed by atoms with Crippen molar-refractivity contribution in [2.75, 3.05) is 0 Å². The zero-order chi connectivity index (χ0) is 14.8. The standard InChI is InChI=1S/C17H23ClO/c1-16(2,3)10-9-12-11-13(7-8-14(12)18)15(19)17(4,5)6/h7-11H,1-6H3/b10-9+. The largest absolute Gasteiger partial charge is 0.294 e. The van der Waals surface area contributed by atoms with E-state index in [1.54, 1.807) is 12.1 Å². The number of halogens is 1. The fourth-order valence-corrected chi connectivity index (χ4v) is 1.77. The van der Waals surface area contributed by atoms with Crippen LogP contribution in [0.25, 0.3) is 6.08 Å². The molecule has 1 aromatic carbocycles. The van der Waals surface area contributed by atoms with Gasteiger partial charge in [-0.15, -0.1) is 0 Å². The summed E-state index contributed by atoms with van der Waals surface area (Å²) in [6, 6.07) is 5.46. The van der Waals surface area contributed by atoms with Gasteiger partial charge < -0.3 is 0 Å². The predicted molar refractivity (Wildman–Crippen MR) is 83.7 cm³/mol. The lowest BCUT2D eigenvalue weighted by Gasteiger charge is -2.17. The lowest BCUT2D eigenvalue weighted by molar-refractivity contribution is 0.0858. The molecule has 2 heteroatoms. The molecule has 0 aliphatic rings. The van der Waals surface area contributed by atoms with Crippen molar-refractivity contribution < 1.29 is 4.79 Å². The molecule has 0 spiro atoms. The average molecular weight is 279 g/mol. The van der Waals surface area contributed by atoms with Crippen molar-refractivity contribution in [3.8, 4) is 0 Å². The van der Waals surface area contributed by atoms with Gasteiger partial charge in [0.25, 0.3) is 0 Å². The van der Waals surface area contributed by atoms with Crippen LogP contribution in [0.1, 0.15) is 57.5 Å². The summed E-state index contributed by atoms with van der Waals surface area (Å²) in [6.45, 7) is 12.2. The van der Waals surface area contributed by atoms with Gasteiger partial charge in [-0.2, -0.15) is 0 Å². The summed E-state index contributed by atoms with van der Waals surface area (Å²) < 4.78 is 0. The number of carbonyl (C=O) groups is 1. The van der Waals surface area contributed by atoms with Crippen molar-refractivity contribution in [2.45, 2.75) is 41.5 Å². The molecule has 104 valence electrons. The number of ketones is 1. The number of Topliss-reactive ketones (excluding diaryl/α,β-unsaturated/α-hetero) is 1. The van der Waals surface area contributed by atoms with Gasteiger partial charge in [0, 0.05) is 16.0 Å². The second-order valence-electron chi connectivity index (χ2n) is 7.01. The lowest BCUT2D eigenvalue weighted by atomic mass is 9.86. The molecule has 0 aromatic heterocycles. The minimum absolute atomic E-state index is 0.0906. The molecule has 0 radical (unpaired) electrons. The maximum atomic E-state index is 12.3. The number of benzene rings is 1. The first-order valence-corrected chi connectivity index (χ1v) is 6.92.